The molecular weight excluding hydrogens is 298 g/mol. The second kappa shape index (κ2) is 6.32. The van der Waals surface area contributed by atoms with E-state index in [-0.39, 0.29) is 12.1 Å². The van der Waals surface area contributed by atoms with E-state index in [0.717, 1.165) is 11.3 Å². The van der Waals surface area contributed by atoms with Crippen LogP contribution in [0.5, 0.6) is 5.75 Å². The van der Waals surface area contributed by atoms with Gasteiger partial charge in [-0.25, -0.2) is 4.79 Å². The Labute approximate surface area is 135 Å². The van der Waals surface area contributed by atoms with Gasteiger partial charge < -0.3 is 19.5 Å². The van der Waals surface area contributed by atoms with E-state index < -0.39 is 23.2 Å². The molecule has 6 nitrogen and oxygen atoms in total. The fourth-order valence-electron chi connectivity index (χ4n) is 2.20. The van der Waals surface area contributed by atoms with Crippen LogP contribution < -0.4 is 4.74 Å². The van der Waals surface area contributed by atoms with Crippen LogP contribution in [0.25, 0.3) is 0 Å². The predicted molar refractivity (Wildman–Crippen MR) is 83.9 cm³/mol. The topological polar surface area (TPSA) is 76.1 Å². The molecule has 6 heteroatoms. The van der Waals surface area contributed by atoms with Gasteiger partial charge in [-0.1, -0.05) is 12.1 Å². The molecule has 1 heterocycles. The lowest BCUT2D eigenvalue weighted by atomic mass is 10.2. The Bertz CT molecular complexity index is 640. The Morgan fingerprint density at radius 1 is 1.26 bits per heavy atom. The number of amides is 1. The summed E-state index contributed by atoms with van der Waals surface area (Å²) in [5, 5.41) is 9.92. The summed E-state index contributed by atoms with van der Waals surface area (Å²) in [6.45, 7) is 5.52. The lowest BCUT2D eigenvalue weighted by molar-refractivity contribution is -0.150. The van der Waals surface area contributed by atoms with E-state index in [1.807, 2.05) is 12.1 Å². The molecule has 0 unspecified atom stereocenters. The zero-order valence-electron chi connectivity index (χ0n) is 13.8. The Hall–Kier alpha value is -2.50. The summed E-state index contributed by atoms with van der Waals surface area (Å²) in [5.74, 6) is -1.05. The van der Waals surface area contributed by atoms with E-state index in [1.165, 1.54) is 4.90 Å². The molecule has 0 saturated heterocycles. The van der Waals surface area contributed by atoms with Gasteiger partial charge >= 0.3 is 5.97 Å². The van der Waals surface area contributed by atoms with Crippen molar-refractivity contribution in [3.05, 3.63) is 41.2 Å². The fraction of sp³-hybridized carbons (Fsp3) is 0.412. The van der Waals surface area contributed by atoms with Gasteiger partial charge in [0.2, 0.25) is 0 Å². The van der Waals surface area contributed by atoms with Crippen molar-refractivity contribution >= 4 is 11.9 Å². The summed E-state index contributed by atoms with van der Waals surface area (Å²) in [5.41, 5.74) is 0.187. The molecule has 0 radical (unpaired) electrons. The standard InChI is InChI=1S/C17H21NO5/c1-17(2,3)23-16(21)13-10-18(15(20)14(13)19)9-11-5-7-12(22-4)8-6-11/h5-8,19H,9-10H2,1-4H3. The number of carbonyl (C=O) groups is 2. The molecule has 0 bridgehead atoms. The van der Waals surface area contributed by atoms with Crippen LogP contribution in [0.4, 0.5) is 0 Å². The molecule has 0 fully saturated rings. The number of ether oxygens (including phenoxy) is 2. The number of rotatable bonds is 4. The highest BCUT2D eigenvalue weighted by Crippen LogP contribution is 2.23. The van der Waals surface area contributed by atoms with Crippen molar-refractivity contribution in [1.82, 2.24) is 4.90 Å². The SMILES string of the molecule is COc1ccc(CN2CC(C(=O)OC(C)(C)C)=C(O)C2=O)cc1. The summed E-state index contributed by atoms with van der Waals surface area (Å²) in [4.78, 5) is 25.6. The Morgan fingerprint density at radius 3 is 2.39 bits per heavy atom. The third-order valence-electron chi connectivity index (χ3n) is 3.30. The van der Waals surface area contributed by atoms with Crippen LogP contribution in [0.15, 0.2) is 35.6 Å². The van der Waals surface area contributed by atoms with E-state index in [2.05, 4.69) is 0 Å². The number of aliphatic hydroxyl groups is 1. The van der Waals surface area contributed by atoms with Gasteiger partial charge in [0.15, 0.2) is 5.76 Å². The summed E-state index contributed by atoms with van der Waals surface area (Å²) < 4.78 is 10.3. The first-order chi connectivity index (χ1) is 10.7. The van der Waals surface area contributed by atoms with Gasteiger partial charge in [0, 0.05) is 6.54 Å². The van der Waals surface area contributed by atoms with Crippen LogP contribution in [0.1, 0.15) is 26.3 Å². The lowest BCUT2D eigenvalue weighted by Gasteiger charge is -2.20. The summed E-state index contributed by atoms with van der Waals surface area (Å²) in [6, 6.07) is 7.24. The molecule has 23 heavy (non-hydrogen) atoms. The number of benzene rings is 1. The van der Waals surface area contributed by atoms with Crippen molar-refractivity contribution in [3.8, 4) is 5.75 Å². The molecule has 0 aliphatic carbocycles. The molecule has 0 spiro atoms. The minimum absolute atomic E-state index is 0.00145. The molecule has 0 saturated carbocycles. The number of carbonyl (C=O) groups excluding carboxylic acids is 2. The summed E-state index contributed by atoms with van der Waals surface area (Å²) in [6.07, 6.45) is 0. The number of hydrogen-bond acceptors (Lipinski definition) is 5. The smallest absolute Gasteiger partial charge is 0.340 e. The predicted octanol–water partition coefficient (Wildman–Crippen LogP) is 2.19. The number of methoxy groups -OCH3 is 1. The number of esters is 1. The third kappa shape index (κ3) is 4.03. The van der Waals surface area contributed by atoms with Crippen LogP contribution in [-0.2, 0) is 20.9 Å². The third-order valence-corrected chi connectivity index (χ3v) is 3.30. The van der Waals surface area contributed by atoms with Crippen molar-refractivity contribution < 1.29 is 24.2 Å². The molecule has 0 atom stereocenters. The lowest BCUT2D eigenvalue weighted by Crippen LogP contribution is -2.29. The van der Waals surface area contributed by atoms with Gasteiger partial charge in [-0.05, 0) is 38.5 Å². The Balaban J connectivity index is 2.07. The van der Waals surface area contributed by atoms with Crippen molar-refractivity contribution in [3.63, 3.8) is 0 Å². The Kier molecular flexibility index (Phi) is 4.63. The highest BCUT2D eigenvalue weighted by atomic mass is 16.6. The minimum atomic E-state index is -0.684. The maximum Gasteiger partial charge on any atom is 0.340 e. The van der Waals surface area contributed by atoms with Gasteiger partial charge in [0.25, 0.3) is 5.91 Å². The zero-order valence-corrected chi connectivity index (χ0v) is 13.8. The Morgan fingerprint density at radius 2 is 1.87 bits per heavy atom. The van der Waals surface area contributed by atoms with E-state index >= 15 is 0 Å². The highest BCUT2D eigenvalue weighted by molar-refractivity contribution is 6.05. The molecule has 1 N–H and O–H groups in total. The van der Waals surface area contributed by atoms with Crippen molar-refractivity contribution in [2.24, 2.45) is 0 Å². The molecular formula is C17H21NO5. The highest BCUT2D eigenvalue weighted by Gasteiger charge is 2.36. The van der Waals surface area contributed by atoms with E-state index in [9.17, 15) is 14.7 Å². The second-order valence-electron chi connectivity index (χ2n) is 6.34. The van der Waals surface area contributed by atoms with Gasteiger partial charge in [0.1, 0.15) is 16.9 Å². The second-order valence-corrected chi connectivity index (χ2v) is 6.34. The van der Waals surface area contributed by atoms with Gasteiger partial charge in [-0.2, -0.15) is 0 Å². The van der Waals surface area contributed by atoms with Gasteiger partial charge in [-0.3, -0.25) is 4.79 Å². The number of aliphatic hydroxyl groups excluding tert-OH is 1. The molecule has 1 aliphatic rings. The quantitative estimate of drug-likeness (QED) is 0.861. The van der Waals surface area contributed by atoms with Crippen LogP contribution >= 0.6 is 0 Å². The first-order valence-corrected chi connectivity index (χ1v) is 7.29. The molecule has 0 aromatic heterocycles. The maximum absolute atomic E-state index is 12.1. The normalized spacial score (nSPS) is 15.1. The maximum atomic E-state index is 12.1. The average Bonchev–Trinajstić information content (AvgIpc) is 2.75. The fourth-order valence-corrected chi connectivity index (χ4v) is 2.20. The molecule has 2 rings (SSSR count). The van der Waals surface area contributed by atoms with Gasteiger partial charge in [-0.15, -0.1) is 0 Å². The molecule has 1 aromatic carbocycles. The van der Waals surface area contributed by atoms with Crippen LogP contribution in [0.3, 0.4) is 0 Å². The van der Waals surface area contributed by atoms with Crippen LogP contribution in [-0.4, -0.2) is 41.1 Å². The zero-order chi connectivity index (χ0) is 17.2. The van der Waals surface area contributed by atoms with Crippen molar-refractivity contribution in [2.75, 3.05) is 13.7 Å². The number of nitrogens with zero attached hydrogens (tertiary/aromatic N) is 1. The summed E-state index contributed by atoms with van der Waals surface area (Å²) >= 11 is 0. The molecule has 1 aromatic rings. The van der Waals surface area contributed by atoms with E-state index in [0.29, 0.717) is 6.54 Å². The first-order valence-electron chi connectivity index (χ1n) is 7.29. The first kappa shape index (κ1) is 16.9. The van der Waals surface area contributed by atoms with Crippen LogP contribution in [0, 0.1) is 0 Å². The monoisotopic (exact) mass is 319 g/mol. The van der Waals surface area contributed by atoms with Gasteiger partial charge in [0.05, 0.1) is 13.7 Å². The largest absolute Gasteiger partial charge is 0.503 e. The van der Waals surface area contributed by atoms with Crippen molar-refractivity contribution in [1.29, 1.82) is 0 Å². The van der Waals surface area contributed by atoms with Crippen molar-refractivity contribution in [2.45, 2.75) is 32.9 Å². The molecule has 124 valence electrons. The average molecular weight is 319 g/mol. The molecule has 1 aliphatic heterocycles. The summed E-state index contributed by atoms with van der Waals surface area (Å²) in [7, 11) is 1.58. The van der Waals surface area contributed by atoms with E-state index in [4.69, 9.17) is 9.47 Å². The van der Waals surface area contributed by atoms with Crippen LogP contribution in [0.2, 0.25) is 0 Å². The molecule has 1 amide bonds. The van der Waals surface area contributed by atoms with E-state index in [1.54, 1.807) is 40.0 Å². The number of hydrogen-bond donors (Lipinski definition) is 1. The minimum Gasteiger partial charge on any atom is -0.503 e.